The van der Waals surface area contributed by atoms with E-state index >= 15 is 0 Å². The zero-order valence-corrected chi connectivity index (χ0v) is 11.5. The van der Waals surface area contributed by atoms with Crippen LogP contribution in [0.2, 0.25) is 0 Å². The molecule has 0 aliphatic rings. The van der Waals surface area contributed by atoms with Crippen LogP contribution >= 0.6 is 0 Å². The van der Waals surface area contributed by atoms with Gasteiger partial charge < -0.3 is 9.84 Å². The number of carboxylic acid groups (broad SMARTS) is 1. The molecule has 0 aliphatic heterocycles. The number of esters is 1. The molecule has 1 unspecified atom stereocenters. The Labute approximate surface area is 107 Å². The predicted octanol–water partition coefficient (Wildman–Crippen LogP) is -0.0318. The zero-order valence-electron chi connectivity index (χ0n) is 10.7. The average Bonchev–Trinajstić information content (AvgIpc) is 2.23. The van der Waals surface area contributed by atoms with Crippen molar-refractivity contribution in [3.63, 3.8) is 0 Å². The summed E-state index contributed by atoms with van der Waals surface area (Å²) in [5.41, 5.74) is 0. The van der Waals surface area contributed by atoms with E-state index in [1.165, 1.54) is 7.11 Å². The molecule has 0 heterocycles. The molecule has 8 heteroatoms. The Balaban J connectivity index is 4.52. The lowest BCUT2D eigenvalue weighted by atomic mass is 10.1. The van der Waals surface area contributed by atoms with E-state index in [4.69, 9.17) is 5.11 Å². The lowest BCUT2D eigenvalue weighted by Crippen LogP contribution is -2.45. The largest absolute Gasteiger partial charge is 0.481 e. The van der Waals surface area contributed by atoms with Crippen LogP contribution in [0.4, 0.5) is 0 Å². The molecule has 0 aromatic heterocycles. The molecule has 0 amide bonds. The highest BCUT2D eigenvalue weighted by Crippen LogP contribution is 2.06. The van der Waals surface area contributed by atoms with Crippen molar-refractivity contribution in [2.45, 2.75) is 32.7 Å². The van der Waals surface area contributed by atoms with Crippen molar-refractivity contribution >= 4 is 22.0 Å². The Morgan fingerprint density at radius 1 is 1.33 bits per heavy atom. The Bertz CT molecular complexity index is 389. The number of carbonyl (C=O) groups excluding carboxylic acids is 1. The molecule has 0 rings (SSSR count). The fourth-order valence-corrected chi connectivity index (χ4v) is 2.65. The van der Waals surface area contributed by atoms with Crippen LogP contribution in [0.25, 0.3) is 0 Å². The molecule has 2 N–H and O–H groups in total. The van der Waals surface area contributed by atoms with E-state index in [1.807, 2.05) is 0 Å². The van der Waals surface area contributed by atoms with E-state index in [0.717, 1.165) is 0 Å². The summed E-state index contributed by atoms with van der Waals surface area (Å²) in [6.07, 6.45) is -0.234. The highest BCUT2D eigenvalue weighted by molar-refractivity contribution is 7.89. The summed E-state index contributed by atoms with van der Waals surface area (Å²) in [7, 11) is -2.51. The van der Waals surface area contributed by atoms with E-state index in [2.05, 4.69) is 9.46 Å². The van der Waals surface area contributed by atoms with Crippen LogP contribution in [-0.4, -0.2) is 44.4 Å². The van der Waals surface area contributed by atoms with Gasteiger partial charge in [0.15, 0.2) is 0 Å². The smallest absolute Gasteiger partial charge is 0.324 e. The topological polar surface area (TPSA) is 110 Å². The molecular weight excluding hydrogens is 262 g/mol. The number of nitrogens with one attached hydrogen (secondary N) is 1. The summed E-state index contributed by atoms with van der Waals surface area (Å²) in [6, 6.07) is -0.954. The first-order valence-corrected chi connectivity index (χ1v) is 7.14. The summed E-state index contributed by atoms with van der Waals surface area (Å²) < 4.78 is 30.0. The number of hydrogen-bond acceptors (Lipinski definition) is 5. The number of carboxylic acids is 1. The summed E-state index contributed by atoms with van der Waals surface area (Å²) in [5, 5.41) is 8.42. The molecule has 0 saturated carbocycles. The fourth-order valence-electron chi connectivity index (χ4n) is 1.25. The molecule has 0 aliphatic carbocycles. The molecular formula is C10H19NO6S. The first-order chi connectivity index (χ1) is 8.19. The van der Waals surface area contributed by atoms with Crippen LogP contribution in [0.3, 0.4) is 0 Å². The Hall–Kier alpha value is -1.15. The predicted molar refractivity (Wildman–Crippen MR) is 64.4 cm³/mol. The van der Waals surface area contributed by atoms with Crippen LogP contribution in [0.5, 0.6) is 0 Å². The minimum atomic E-state index is -3.69. The molecule has 0 spiro atoms. The van der Waals surface area contributed by atoms with E-state index in [-0.39, 0.29) is 24.5 Å². The number of carbonyl (C=O) groups is 2. The lowest BCUT2D eigenvalue weighted by Gasteiger charge is -2.19. The molecule has 0 aromatic carbocycles. The Kier molecular flexibility index (Phi) is 6.85. The maximum absolute atomic E-state index is 11.6. The van der Waals surface area contributed by atoms with Gasteiger partial charge in [-0.1, -0.05) is 13.8 Å². The van der Waals surface area contributed by atoms with Gasteiger partial charge in [-0.15, -0.1) is 0 Å². The summed E-state index contributed by atoms with van der Waals surface area (Å²) in [6.45, 7) is 3.36. The second-order valence-corrected chi connectivity index (χ2v) is 6.05. The average molecular weight is 281 g/mol. The second kappa shape index (κ2) is 7.32. The van der Waals surface area contributed by atoms with Crippen molar-refractivity contribution in [3.05, 3.63) is 0 Å². The van der Waals surface area contributed by atoms with Gasteiger partial charge in [-0.2, -0.15) is 0 Å². The maximum Gasteiger partial charge on any atom is 0.324 e. The summed E-state index contributed by atoms with van der Waals surface area (Å²) >= 11 is 0. The fraction of sp³-hybridized carbons (Fsp3) is 0.800. The van der Waals surface area contributed by atoms with E-state index in [0.29, 0.717) is 0 Å². The van der Waals surface area contributed by atoms with E-state index in [1.54, 1.807) is 13.8 Å². The third kappa shape index (κ3) is 6.55. The van der Waals surface area contributed by atoms with Gasteiger partial charge in [0.25, 0.3) is 0 Å². The molecule has 7 nitrogen and oxygen atoms in total. The van der Waals surface area contributed by atoms with Gasteiger partial charge in [0.1, 0.15) is 6.04 Å². The molecule has 18 heavy (non-hydrogen) atoms. The number of methoxy groups -OCH3 is 1. The molecule has 0 radical (unpaired) electrons. The third-order valence-corrected chi connectivity index (χ3v) is 3.67. The molecule has 106 valence electrons. The van der Waals surface area contributed by atoms with Crippen LogP contribution < -0.4 is 4.72 Å². The minimum Gasteiger partial charge on any atom is -0.481 e. The van der Waals surface area contributed by atoms with Crippen LogP contribution in [0.1, 0.15) is 26.7 Å². The molecule has 0 bridgehead atoms. The van der Waals surface area contributed by atoms with Gasteiger partial charge in [0.2, 0.25) is 10.0 Å². The van der Waals surface area contributed by atoms with Gasteiger partial charge in [0, 0.05) is 6.42 Å². The Morgan fingerprint density at radius 2 is 1.89 bits per heavy atom. The van der Waals surface area contributed by atoms with Gasteiger partial charge in [0.05, 0.1) is 12.9 Å². The van der Waals surface area contributed by atoms with Gasteiger partial charge >= 0.3 is 11.9 Å². The number of sulfonamides is 1. The first kappa shape index (κ1) is 16.9. The van der Waals surface area contributed by atoms with Crippen molar-refractivity contribution in [3.8, 4) is 0 Å². The van der Waals surface area contributed by atoms with Crippen molar-refractivity contribution < 1.29 is 27.9 Å². The van der Waals surface area contributed by atoms with E-state index in [9.17, 15) is 18.0 Å². The third-order valence-electron chi connectivity index (χ3n) is 2.23. The van der Waals surface area contributed by atoms with Crippen LogP contribution in [0.15, 0.2) is 0 Å². The first-order valence-electron chi connectivity index (χ1n) is 5.49. The summed E-state index contributed by atoms with van der Waals surface area (Å²) in [5.74, 6) is -2.31. The molecule has 1 atom stereocenters. The highest BCUT2D eigenvalue weighted by Gasteiger charge is 2.27. The molecule has 0 saturated heterocycles. The SMILES string of the molecule is COC(=O)C(NS(=O)(=O)CCCC(=O)O)C(C)C. The highest BCUT2D eigenvalue weighted by atomic mass is 32.2. The van der Waals surface area contributed by atoms with Gasteiger partial charge in [-0.3, -0.25) is 9.59 Å². The van der Waals surface area contributed by atoms with Crippen molar-refractivity contribution in [2.24, 2.45) is 5.92 Å². The minimum absolute atomic E-state index is 0.00332. The second-order valence-electron chi connectivity index (χ2n) is 4.18. The summed E-state index contributed by atoms with van der Waals surface area (Å²) in [4.78, 5) is 21.7. The molecule has 0 fully saturated rings. The number of hydrogen-bond donors (Lipinski definition) is 2. The van der Waals surface area contributed by atoms with Crippen LogP contribution in [-0.2, 0) is 24.3 Å². The Morgan fingerprint density at radius 3 is 2.28 bits per heavy atom. The van der Waals surface area contributed by atoms with Crippen molar-refractivity contribution in [1.29, 1.82) is 0 Å². The number of rotatable bonds is 8. The maximum atomic E-state index is 11.6. The van der Waals surface area contributed by atoms with Crippen molar-refractivity contribution in [1.82, 2.24) is 4.72 Å². The van der Waals surface area contributed by atoms with Crippen LogP contribution in [0, 0.1) is 5.92 Å². The lowest BCUT2D eigenvalue weighted by molar-refractivity contribution is -0.143. The van der Waals surface area contributed by atoms with Gasteiger partial charge in [-0.25, -0.2) is 13.1 Å². The van der Waals surface area contributed by atoms with Gasteiger partial charge in [-0.05, 0) is 12.3 Å². The van der Waals surface area contributed by atoms with E-state index < -0.39 is 28.0 Å². The number of ether oxygens (including phenoxy) is 1. The standard InChI is InChI=1S/C10H19NO6S/c1-7(2)9(10(14)17-3)11-18(15,16)6-4-5-8(12)13/h7,9,11H,4-6H2,1-3H3,(H,12,13). The monoisotopic (exact) mass is 281 g/mol. The quantitative estimate of drug-likeness (QED) is 0.604. The zero-order chi connectivity index (χ0) is 14.3. The normalized spacial score (nSPS) is 13.3. The number of aliphatic carboxylic acids is 1. The molecule has 0 aromatic rings. The van der Waals surface area contributed by atoms with Crippen molar-refractivity contribution in [2.75, 3.05) is 12.9 Å².